The number of rotatable bonds is 8. The normalized spacial score (nSPS) is 10.3. The van der Waals surface area contributed by atoms with Crippen molar-refractivity contribution in [2.24, 2.45) is 0 Å². The summed E-state index contributed by atoms with van der Waals surface area (Å²) in [5.74, 6) is -0.120. The molecule has 0 saturated heterocycles. The van der Waals surface area contributed by atoms with Gasteiger partial charge >= 0.3 is 5.97 Å². The average Bonchev–Trinajstić information content (AvgIpc) is 2.68. The van der Waals surface area contributed by atoms with Gasteiger partial charge in [-0.25, -0.2) is 4.98 Å². The van der Waals surface area contributed by atoms with Crippen molar-refractivity contribution >= 4 is 17.7 Å². The highest BCUT2D eigenvalue weighted by atomic mass is 16.4. The second-order valence-electron chi connectivity index (χ2n) is 5.44. The van der Waals surface area contributed by atoms with Crippen molar-refractivity contribution in [2.75, 3.05) is 23.7 Å². The third-order valence-electron chi connectivity index (χ3n) is 3.51. The van der Waals surface area contributed by atoms with Crippen LogP contribution in [0.25, 0.3) is 11.3 Å². The first-order valence-corrected chi connectivity index (χ1v) is 8.09. The van der Waals surface area contributed by atoms with Gasteiger partial charge in [-0.3, -0.25) is 14.8 Å². The van der Waals surface area contributed by atoms with E-state index >= 15 is 0 Å². The van der Waals surface area contributed by atoms with Gasteiger partial charge in [0.05, 0.1) is 5.69 Å². The largest absolute Gasteiger partial charge is 0.480 e. The van der Waals surface area contributed by atoms with E-state index in [1.54, 1.807) is 18.6 Å². The topological polar surface area (TPSA) is 113 Å². The molecule has 0 amide bonds. The summed E-state index contributed by atoms with van der Waals surface area (Å²) in [6.07, 6.45) is 5.86. The van der Waals surface area contributed by atoms with Gasteiger partial charge in [0.25, 0.3) is 0 Å². The molecule has 3 aromatic rings. The van der Waals surface area contributed by atoms with Gasteiger partial charge in [-0.05, 0) is 24.3 Å². The molecule has 0 unspecified atom stereocenters. The Morgan fingerprint density at radius 1 is 1.04 bits per heavy atom. The minimum atomic E-state index is -0.979. The van der Waals surface area contributed by atoms with Gasteiger partial charge in [0.15, 0.2) is 0 Å². The summed E-state index contributed by atoms with van der Waals surface area (Å²) in [7, 11) is 0. The number of aromatic nitrogens is 4. The maximum atomic E-state index is 10.8. The van der Waals surface area contributed by atoms with E-state index in [-0.39, 0.29) is 12.5 Å². The molecule has 3 aromatic heterocycles. The molecular weight excluding hydrogens is 332 g/mol. The van der Waals surface area contributed by atoms with Gasteiger partial charge < -0.3 is 15.7 Å². The predicted octanol–water partition coefficient (Wildman–Crippen LogP) is 2.08. The van der Waals surface area contributed by atoms with Crippen molar-refractivity contribution in [3.8, 4) is 11.3 Å². The second kappa shape index (κ2) is 8.52. The molecule has 8 nitrogen and oxygen atoms in total. The molecule has 0 aliphatic carbocycles. The lowest BCUT2D eigenvalue weighted by molar-refractivity contribution is -0.134. The van der Waals surface area contributed by atoms with E-state index < -0.39 is 5.97 Å². The highest BCUT2D eigenvalue weighted by molar-refractivity contribution is 5.72. The minimum Gasteiger partial charge on any atom is -0.480 e. The van der Waals surface area contributed by atoms with Gasteiger partial charge in [0.1, 0.15) is 12.4 Å². The van der Waals surface area contributed by atoms with Crippen LogP contribution in [0.3, 0.4) is 0 Å². The molecule has 3 rings (SSSR count). The molecule has 0 radical (unpaired) electrons. The molecule has 0 atom stereocenters. The summed E-state index contributed by atoms with van der Waals surface area (Å²) in [4.78, 5) is 27.8. The standard InChI is InChI=1S/C18H18N6O2/c25-17(26)12-22-18-23-15(13-4-8-19-9-5-13)11-16(24-18)21-10-6-14-3-1-2-7-20-14/h1-5,7-9,11H,6,10,12H2,(H,25,26)(H2,21,22,23,24). The van der Waals surface area contributed by atoms with Gasteiger partial charge in [-0.2, -0.15) is 4.98 Å². The number of hydrogen-bond donors (Lipinski definition) is 3. The van der Waals surface area contributed by atoms with E-state index in [4.69, 9.17) is 5.11 Å². The molecule has 132 valence electrons. The third-order valence-corrected chi connectivity index (χ3v) is 3.51. The SMILES string of the molecule is O=C(O)CNc1nc(NCCc2ccccn2)cc(-c2ccncc2)n1. The smallest absolute Gasteiger partial charge is 0.322 e. The van der Waals surface area contributed by atoms with E-state index in [2.05, 4.69) is 30.6 Å². The summed E-state index contributed by atoms with van der Waals surface area (Å²) in [5, 5.41) is 14.8. The van der Waals surface area contributed by atoms with Crippen molar-refractivity contribution in [1.29, 1.82) is 0 Å². The van der Waals surface area contributed by atoms with Crippen molar-refractivity contribution in [3.05, 3.63) is 60.7 Å². The number of carboxylic acids is 1. The van der Waals surface area contributed by atoms with Crippen LogP contribution in [0.4, 0.5) is 11.8 Å². The lowest BCUT2D eigenvalue weighted by Crippen LogP contribution is -2.15. The Balaban J connectivity index is 1.76. The highest BCUT2D eigenvalue weighted by Crippen LogP contribution is 2.20. The summed E-state index contributed by atoms with van der Waals surface area (Å²) in [5.41, 5.74) is 2.52. The van der Waals surface area contributed by atoms with Crippen LogP contribution in [0, 0.1) is 0 Å². The first-order chi connectivity index (χ1) is 12.7. The van der Waals surface area contributed by atoms with Crippen molar-refractivity contribution in [2.45, 2.75) is 6.42 Å². The minimum absolute atomic E-state index is 0.252. The van der Waals surface area contributed by atoms with E-state index in [1.165, 1.54) is 0 Å². The van der Waals surface area contributed by atoms with Crippen LogP contribution >= 0.6 is 0 Å². The quantitative estimate of drug-likeness (QED) is 0.566. The van der Waals surface area contributed by atoms with Crippen LogP contribution < -0.4 is 10.6 Å². The Kier molecular flexibility index (Phi) is 5.66. The zero-order valence-corrected chi connectivity index (χ0v) is 14.0. The first-order valence-electron chi connectivity index (χ1n) is 8.09. The fourth-order valence-corrected chi connectivity index (χ4v) is 2.31. The summed E-state index contributed by atoms with van der Waals surface area (Å²) in [6.45, 7) is 0.384. The maximum Gasteiger partial charge on any atom is 0.322 e. The fraction of sp³-hybridized carbons (Fsp3) is 0.167. The predicted molar refractivity (Wildman–Crippen MR) is 97.8 cm³/mol. The number of nitrogens with zero attached hydrogens (tertiary/aromatic N) is 4. The first kappa shape index (κ1) is 17.3. The van der Waals surface area contributed by atoms with E-state index in [9.17, 15) is 4.79 Å². The lowest BCUT2D eigenvalue weighted by atomic mass is 10.2. The second-order valence-corrected chi connectivity index (χ2v) is 5.44. The average molecular weight is 350 g/mol. The van der Waals surface area contributed by atoms with E-state index in [0.29, 0.717) is 18.1 Å². The van der Waals surface area contributed by atoms with Crippen LogP contribution in [0.15, 0.2) is 55.0 Å². The Morgan fingerprint density at radius 3 is 2.62 bits per heavy atom. The number of nitrogens with one attached hydrogen (secondary N) is 2. The highest BCUT2D eigenvalue weighted by Gasteiger charge is 2.08. The number of anilines is 2. The van der Waals surface area contributed by atoms with Crippen LogP contribution in [-0.4, -0.2) is 44.1 Å². The number of hydrogen-bond acceptors (Lipinski definition) is 7. The van der Waals surface area contributed by atoms with Crippen LogP contribution in [0.5, 0.6) is 0 Å². The zero-order chi connectivity index (χ0) is 18.2. The van der Waals surface area contributed by atoms with E-state index in [1.807, 2.05) is 36.4 Å². The molecule has 3 N–H and O–H groups in total. The van der Waals surface area contributed by atoms with Crippen molar-refractivity contribution in [3.63, 3.8) is 0 Å². The molecule has 26 heavy (non-hydrogen) atoms. The van der Waals surface area contributed by atoms with Crippen molar-refractivity contribution < 1.29 is 9.90 Å². The number of aliphatic carboxylic acids is 1. The Labute approximate surface area is 150 Å². The fourth-order valence-electron chi connectivity index (χ4n) is 2.31. The summed E-state index contributed by atoms with van der Waals surface area (Å²) in [6, 6.07) is 11.3. The van der Waals surface area contributed by atoms with Crippen molar-refractivity contribution in [1.82, 2.24) is 19.9 Å². The molecule has 0 fully saturated rings. The van der Waals surface area contributed by atoms with Crippen LogP contribution in [0.2, 0.25) is 0 Å². The molecule has 3 heterocycles. The monoisotopic (exact) mass is 350 g/mol. The van der Waals surface area contributed by atoms with Crippen LogP contribution in [0.1, 0.15) is 5.69 Å². The Bertz CT molecular complexity index is 858. The third kappa shape index (κ3) is 4.97. The van der Waals surface area contributed by atoms with Gasteiger partial charge in [0.2, 0.25) is 5.95 Å². The zero-order valence-electron chi connectivity index (χ0n) is 14.0. The Hall–Kier alpha value is -3.55. The number of carboxylic acid groups (broad SMARTS) is 1. The molecule has 0 bridgehead atoms. The Morgan fingerprint density at radius 2 is 1.88 bits per heavy atom. The number of carbonyl (C=O) groups is 1. The molecule has 0 aliphatic rings. The van der Waals surface area contributed by atoms with Gasteiger partial charge in [0, 0.05) is 48.9 Å². The maximum absolute atomic E-state index is 10.8. The molecule has 0 saturated carbocycles. The van der Waals surface area contributed by atoms with E-state index in [0.717, 1.165) is 17.7 Å². The summed E-state index contributed by atoms with van der Waals surface area (Å²) < 4.78 is 0. The lowest BCUT2D eigenvalue weighted by Gasteiger charge is -2.10. The molecule has 0 aromatic carbocycles. The molecular formula is C18H18N6O2. The summed E-state index contributed by atoms with van der Waals surface area (Å²) >= 11 is 0. The number of pyridine rings is 2. The molecule has 0 aliphatic heterocycles. The van der Waals surface area contributed by atoms with Gasteiger partial charge in [-0.15, -0.1) is 0 Å². The van der Waals surface area contributed by atoms with Crippen LogP contribution in [-0.2, 0) is 11.2 Å². The molecule has 0 spiro atoms. The molecule has 8 heteroatoms. The van der Waals surface area contributed by atoms with Gasteiger partial charge in [-0.1, -0.05) is 6.07 Å².